The number of methoxy groups -OCH3 is 1. The first-order valence-electron chi connectivity index (χ1n) is 13.3. The number of likely N-dealkylation sites (tertiary alicyclic amines) is 2. The van der Waals surface area contributed by atoms with E-state index in [1.807, 2.05) is 24.3 Å². The Kier molecular flexibility index (Phi) is 8.09. The molecule has 0 amide bonds. The van der Waals surface area contributed by atoms with Crippen LogP contribution in [0.2, 0.25) is 0 Å². The van der Waals surface area contributed by atoms with Crippen molar-refractivity contribution in [2.75, 3.05) is 46.4 Å². The minimum absolute atomic E-state index is 0.276. The van der Waals surface area contributed by atoms with Crippen molar-refractivity contribution < 1.29 is 14.6 Å². The lowest BCUT2D eigenvalue weighted by molar-refractivity contribution is 0.238. The van der Waals surface area contributed by atoms with Crippen molar-refractivity contribution in [3.8, 4) is 28.4 Å². The fourth-order valence-electron chi connectivity index (χ4n) is 5.45. The molecule has 0 bridgehead atoms. The Morgan fingerprint density at radius 2 is 1.47 bits per heavy atom. The molecule has 5 nitrogen and oxygen atoms in total. The number of aromatic hydroxyl groups is 1. The fourth-order valence-corrected chi connectivity index (χ4v) is 5.45. The fraction of sp³-hybridized carbons (Fsp3) is 0.419. The van der Waals surface area contributed by atoms with Gasteiger partial charge < -0.3 is 14.6 Å². The van der Waals surface area contributed by atoms with Gasteiger partial charge in [0.05, 0.1) is 7.11 Å². The SMILES string of the molecule is COc1cc(Cc2ccc(O)cc2-c2ccc(OCCN3CCCC3)cc2)ccc1CN1CCCC1. The molecule has 2 fully saturated rings. The van der Waals surface area contributed by atoms with Crippen molar-refractivity contribution in [3.63, 3.8) is 0 Å². The van der Waals surface area contributed by atoms with Crippen LogP contribution in [0.5, 0.6) is 17.2 Å². The lowest BCUT2D eigenvalue weighted by Gasteiger charge is -2.18. The molecular formula is C31H38N2O3. The van der Waals surface area contributed by atoms with E-state index in [1.165, 1.54) is 68.6 Å². The minimum atomic E-state index is 0.276. The van der Waals surface area contributed by atoms with Crippen molar-refractivity contribution in [2.24, 2.45) is 0 Å². The maximum absolute atomic E-state index is 10.2. The molecule has 2 heterocycles. The van der Waals surface area contributed by atoms with Crippen LogP contribution >= 0.6 is 0 Å². The topological polar surface area (TPSA) is 45.2 Å². The largest absolute Gasteiger partial charge is 0.508 e. The zero-order valence-electron chi connectivity index (χ0n) is 21.4. The van der Waals surface area contributed by atoms with Crippen LogP contribution in [-0.4, -0.2) is 61.3 Å². The Bertz CT molecular complexity index is 1130. The highest BCUT2D eigenvalue weighted by Crippen LogP contribution is 2.32. The molecule has 2 aliphatic heterocycles. The molecule has 0 aromatic heterocycles. The smallest absolute Gasteiger partial charge is 0.123 e. The van der Waals surface area contributed by atoms with Crippen LogP contribution in [-0.2, 0) is 13.0 Å². The Labute approximate surface area is 215 Å². The van der Waals surface area contributed by atoms with Gasteiger partial charge in [-0.3, -0.25) is 9.80 Å². The summed E-state index contributed by atoms with van der Waals surface area (Å²) in [6.07, 6.45) is 5.95. The highest BCUT2D eigenvalue weighted by Gasteiger charge is 2.16. The van der Waals surface area contributed by atoms with Crippen molar-refractivity contribution in [2.45, 2.75) is 38.6 Å². The zero-order chi connectivity index (χ0) is 24.7. The van der Waals surface area contributed by atoms with Gasteiger partial charge >= 0.3 is 0 Å². The molecule has 3 aromatic rings. The molecule has 0 radical (unpaired) electrons. The second-order valence-electron chi connectivity index (χ2n) is 10.1. The predicted molar refractivity (Wildman–Crippen MR) is 145 cm³/mol. The summed E-state index contributed by atoms with van der Waals surface area (Å²) < 4.78 is 11.7. The van der Waals surface area contributed by atoms with Gasteiger partial charge in [-0.15, -0.1) is 0 Å². The zero-order valence-corrected chi connectivity index (χ0v) is 21.4. The number of nitrogens with zero attached hydrogens (tertiary/aromatic N) is 2. The quantitative estimate of drug-likeness (QED) is 0.397. The lowest BCUT2D eigenvalue weighted by Crippen LogP contribution is -2.25. The number of phenols is 1. The van der Waals surface area contributed by atoms with Gasteiger partial charge in [-0.1, -0.05) is 30.3 Å². The third kappa shape index (κ3) is 6.21. The number of hydrogen-bond donors (Lipinski definition) is 1. The molecule has 190 valence electrons. The predicted octanol–water partition coefficient (Wildman–Crippen LogP) is 5.73. The standard InChI is InChI=1S/C31H38N2O3/c1-35-31-21-24(6-7-27(31)23-33-16-4-5-17-33)20-26-8-11-28(34)22-30(26)25-9-12-29(13-10-25)36-19-18-32-14-2-3-15-32/h6-13,21-22,34H,2-5,14-20,23H2,1H3. The van der Waals surface area contributed by atoms with E-state index in [4.69, 9.17) is 9.47 Å². The first-order valence-corrected chi connectivity index (χ1v) is 13.3. The molecule has 5 rings (SSSR count). The summed E-state index contributed by atoms with van der Waals surface area (Å²) in [6.45, 7) is 7.37. The normalized spacial score (nSPS) is 16.5. The van der Waals surface area contributed by atoms with Crippen molar-refractivity contribution in [1.29, 1.82) is 0 Å². The van der Waals surface area contributed by atoms with E-state index < -0.39 is 0 Å². The summed E-state index contributed by atoms with van der Waals surface area (Å²) in [5.41, 5.74) is 5.73. The molecule has 0 spiro atoms. The Morgan fingerprint density at radius 3 is 2.19 bits per heavy atom. The summed E-state index contributed by atoms with van der Waals surface area (Å²) >= 11 is 0. The van der Waals surface area contributed by atoms with Gasteiger partial charge in [0.1, 0.15) is 23.9 Å². The average molecular weight is 487 g/mol. The van der Waals surface area contributed by atoms with Gasteiger partial charge in [0.2, 0.25) is 0 Å². The van der Waals surface area contributed by atoms with E-state index >= 15 is 0 Å². The molecule has 3 aromatic carbocycles. The first kappa shape index (κ1) is 24.7. The van der Waals surface area contributed by atoms with Crippen LogP contribution in [0, 0.1) is 0 Å². The van der Waals surface area contributed by atoms with Crippen LogP contribution in [0.4, 0.5) is 0 Å². The molecule has 0 saturated carbocycles. The summed E-state index contributed by atoms with van der Waals surface area (Å²) in [6, 6.07) is 20.5. The molecule has 0 unspecified atom stereocenters. The lowest BCUT2D eigenvalue weighted by atomic mass is 9.94. The van der Waals surface area contributed by atoms with E-state index in [2.05, 4.69) is 40.1 Å². The molecule has 5 heteroatoms. The average Bonchev–Trinajstić information content (AvgIpc) is 3.61. The Hall–Kier alpha value is -3.02. The number of ether oxygens (including phenoxy) is 2. The highest BCUT2D eigenvalue weighted by atomic mass is 16.5. The number of hydrogen-bond acceptors (Lipinski definition) is 5. The molecular weight excluding hydrogens is 448 g/mol. The Balaban J connectivity index is 1.28. The molecule has 2 saturated heterocycles. The molecule has 0 atom stereocenters. The van der Waals surface area contributed by atoms with Crippen LogP contribution in [0.3, 0.4) is 0 Å². The summed E-state index contributed by atoms with van der Waals surface area (Å²) in [5, 5.41) is 10.2. The van der Waals surface area contributed by atoms with Crippen molar-refractivity contribution in [3.05, 3.63) is 77.4 Å². The third-order valence-electron chi connectivity index (χ3n) is 7.47. The van der Waals surface area contributed by atoms with Gasteiger partial charge in [0, 0.05) is 18.7 Å². The molecule has 2 aliphatic rings. The van der Waals surface area contributed by atoms with Gasteiger partial charge in [-0.25, -0.2) is 0 Å². The monoisotopic (exact) mass is 486 g/mol. The summed E-state index contributed by atoms with van der Waals surface area (Å²) in [4.78, 5) is 4.96. The van der Waals surface area contributed by atoms with E-state index in [1.54, 1.807) is 13.2 Å². The van der Waals surface area contributed by atoms with E-state index in [9.17, 15) is 5.11 Å². The molecule has 1 N–H and O–H groups in total. The van der Waals surface area contributed by atoms with Gasteiger partial charge in [0.25, 0.3) is 0 Å². The van der Waals surface area contributed by atoms with Crippen LogP contribution in [0.1, 0.15) is 42.4 Å². The van der Waals surface area contributed by atoms with Gasteiger partial charge in [0.15, 0.2) is 0 Å². The highest BCUT2D eigenvalue weighted by molar-refractivity contribution is 5.70. The first-order chi connectivity index (χ1) is 17.7. The third-order valence-corrected chi connectivity index (χ3v) is 7.47. The van der Waals surface area contributed by atoms with Crippen LogP contribution in [0.15, 0.2) is 60.7 Å². The summed E-state index contributed by atoms with van der Waals surface area (Å²) in [5.74, 6) is 2.12. The number of phenolic OH excluding ortho intramolecular Hbond substituents is 1. The molecule has 36 heavy (non-hydrogen) atoms. The minimum Gasteiger partial charge on any atom is -0.508 e. The Morgan fingerprint density at radius 1 is 0.778 bits per heavy atom. The van der Waals surface area contributed by atoms with Crippen molar-refractivity contribution in [1.82, 2.24) is 9.80 Å². The second-order valence-corrected chi connectivity index (χ2v) is 10.1. The maximum Gasteiger partial charge on any atom is 0.123 e. The van der Waals surface area contributed by atoms with Gasteiger partial charge in [-0.2, -0.15) is 0 Å². The number of rotatable bonds is 10. The van der Waals surface area contributed by atoms with Crippen LogP contribution in [0.25, 0.3) is 11.1 Å². The van der Waals surface area contributed by atoms with E-state index in [0.717, 1.165) is 42.1 Å². The maximum atomic E-state index is 10.2. The van der Waals surface area contributed by atoms with Crippen molar-refractivity contribution >= 4 is 0 Å². The molecule has 0 aliphatic carbocycles. The van der Waals surface area contributed by atoms with E-state index in [-0.39, 0.29) is 5.75 Å². The second kappa shape index (κ2) is 11.8. The van der Waals surface area contributed by atoms with Gasteiger partial charge in [-0.05, 0) is 111 Å². The number of benzene rings is 3. The van der Waals surface area contributed by atoms with Crippen LogP contribution < -0.4 is 9.47 Å². The van der Waals surface area contributed by atoms with E-state index in [0.29, 0.717) is 6.61 Å². The summed E-state index contributed by atoms with van der Waals surface area (Å²) in [7, 11) is 1.76.